The van der Waals surface area contributed by atoms with Gasteiger partial charge in [-0.2, -0.15) is 12.6 Å². The van der Waals surface area contributed by atoms with Gasteiger partial charge in [0.2, 0.25) is 0 Å². The van der Waals surface area contributed by atoms with Crippen molar-refractivity contribution in [1.82, 2.24) is 0 Å². The molecule has 1 aromatic rings. The second-order valence-electron chi connectivity index (χ2n) is 4.53. The third-order valence-electron chi connectivity index (χ3n) is 3.09. The molecule has 13 heavy (non-hydrogen) atoms. The van der Waals surface area contributed by atoms with Crippen molar-refractivity contribution < 1.29 is 0 Å². The van der Waals surface area contributed by atoms with E-state index in [9.17, 15) is 0 Å². The Labute approximate surface area is 85.8 Å². The van der Waals surface area contributed by atoms with Crippen LogP contribution in [0, 0.1) is 0 Å². The van der Waals surface area contributed by atoms with Gasteiger partial charge >= 0.3 is 0 Å². The average Bonchev–Trinajstić information content (AvgIpc) is 2.13. The Hall–Kier alpha value is -0.430. The number of fused-ring (bicyclic) bond motifs is 1. The van der Waals surface area contributed by atoms with E-state index in [0.29, 0.717) is 10.7 Å². The van der Waals surface area contributed by atoms with Gasteiger partial charge in [0.1, 0.15) is 0 Å². The van der Waals surface area contributed by atoms with Crippen molar-refractivity contribution >= 4 is 12.6 Å². The molecule has 1 aromatic carbocycles. The summed E-state index contributed by atoms with van der Waals surface area (Å²) in [5.74, 6) is 0. The molecule has 1 aliphatic rings. The highest BCUT2D eigenvalue weighted by Gasteiger charge is 2.30. The molecule has 1 heteroatoms. The quantitative estimate of drug-likeness (QED) is 0.595. The number of rotatable bonds is 0. The number of hydrogen-bond acceptors (Lipinski definition) is 1. The van der Waals surface area contributed by atoms with E-state index < -0.39 is 0 Å². The predicted molar refractivity (Wildman–Crippen MR) is 60.4 cm³/mol. The number of thiol groups is 1. The normalized spacial score (nSPS) is 25.3. The molecule has 1 unspecified atom stereocenters. The van der Waals surface area contributed by atoms with Gasteiger partial charge < -0.3 is 0 Å². The molecule has 0 nitrogen and oxygen atoms in total. The van der Waals surface area contributed by atoms with Crippen LogP contribution in [0.3, 0.4) is 0 Å². The summed E-state index contributed by atoms with van der Waals surface area (Å²) in [5.41, 5.74) is 3.26. The third kappa shape index (κ3) is 1.50. The zero-order chi connectivity index (χ0) is 9.47. The predicted octanol–water partition coefficient (Wildman–Crippen LogP) is 3.73. The Kier molecular flexibility index (Phi) is 2.15. The second kappa shape index (κ2) is 3.06. The summed E-state index contributed by atoms with van der Waals surface area (Å²) in [6.07, 6.45) is 2.45. The smallest absolute Gasteiger partial charge is 0.0270 e. The molecule has 1 atom stereocenters. The Morgan fingerprint density at radius 3 is 2.69 bits per heavy atom. The van der Waals surface area contributed by atoms with Crippen LogP contribution in [0.15, 0.2) is 24.3 Å². The maximum Gasteiger partial charge on any atom is 0.0270 e. The molecule has 0 heterocycles. The number of hydrogen-bond donors (Lipinski definition) is 1. The fourth-order valence-electron chi connectivity index (χ4n) is 2.19. The summed E-state index contributed by atoms with van der Waals surface area (Å²) in [7, 11) is 0. The summed E-state index contributed by atoms with van der Waals surface area (Å²) >= 11 is 4.62. The van der Waals surface area contributed by atoms with Crippen LogP contribution < -0.4 is 0 Å². The molecular formula is C12H16S. The highest BCUT2D eigenvalue weighted by atomic mass is 32.1. The zero-order valence-electron chi connectivity index (χ0n) is 8.25. The van der Waals surface area contributed by atoms with Gasteiger partial charge in [-0.3, -0.25) is 0 Å². The average molecular weight is 192 g/mol. The van der Waals surface area contributed by atoms with E-state index in [0.717, 1.165) is 0 Å². The van der Waals surface area contributed by atoms with Crippen molar-refractivity contribution in [3.05, 3.63) is 35.4 Å². The van der Waals surface area contributed by atoms with Crippen molar-refractivity contribution in [1.29, 1.82) is 0 Å². The fourth-order valence-corrected chi connectivity index (χ4v) is 2.55. The molecule has 0 saturated heterocycles. The van der Waals surface area contributed by atoms with Crippen molar-refractivity contribution in [2.75, 3.05) is 0 Å². The van der Waals surface area contributed by atoms with Crippen LogP contribution >= 0.6 is 12.6 Å². The Bertz CT molecular complexity index is 315. The Morgan fingerprint density at radius 1 is 1.31 bits per heavy atom. The van der Waals surface area contributed by atoms with Gasteiger partial charge in [0.05, 0.1) is 0 Å². The highest BCUT2D eigenvalue weighted by molar-refractivity contribution is 7.80. The van der Waals surface area contributed by atoms with Crippen LogP contribution in [0.25, 0.3) is 0 Å². The second-order valence-corrected chi connectivity index (χ2v) is 5.15. The zero-order valence-corrected chi connectivity index (χ0v) is 9.14. The molecule has 0 saturated carbocycles. The molecule has 1 aliphatic carbocycles. The van der Waals surface area contributed by atoms with E-state index in [1.54, 1.807) is 0 Å². The first-order valence-electron chi connectivity index (χ1n) is 4.89. The van der Waals surface area contributed by atoms with E-state index in [2.05, 4.69) is 50.7 Å². The summed E-state index contributed by atoms with van der Waals surface area (Å²) < 4.78 is 0. The lowest BCUT2D eigenvalue weighted by molar-refractivity contribution is 0.429. The van der Waals surface area contributed by atoms with E-state index in [-0.39, 0.29) is 0 Å². The maximum atomic E-state index is 4.62. The van der Waals surface area contributed by atoms with Crippen molar-refractivity contribution in [2.45, 2.75) is 37.4 Å². The molecule has 0 aromatic heterocycles. The summed E-state index contributed by atoms with van der Waals surface area (Å²) in [6, 6.07) is 8.71. The lowest BCUT2D eigenvalue weighted by Crippen LogP contribution is -2.24. The summed E-state index contributed by atoms with van der Waals surface area (Å²) in [6.45, 7) is 4.65. The molecule has 70 valence electrons. The van der Waals surface area contributed by atoms with E-state index >= 15 is 0 Å². The molecular weight excluding hydrogens is 176 g/mol. The van der Waals surface area contributed by atoms with Crippen LogP contribution in [-0.4, -0.2) is 0 Å². The van der Waals surface area contributed by atoms with E-state index in [1.165, 1.54) is 24.0 Å². The first-order valence-corrected chi connectivity index (χ1v) is 5.40. The Balaban J connectivity index is 2.55. The molecule has 0 amide bonds. The van der Waals surface area contributed by atoms with E-state index in [1.807, 2.05) is 0 Å². The van der Waals surface area contributed by atoms with Crippen molar-refractivity contribution in [3.63, 3.8) is 0 Å². The highest BCUT2D eigenvalue weighted by Crippen LogP contribution is 2.43. The number of benzene rings is 1. The van der Waals surface area contributed by atoms with Crippen LogP contribution in [0.2, 0.25) is 0 Å². The topological polar surface area (TPSA) is 0 Å². The van der Waals surface area contributed by atoms with Gasteiger partial charge in [-0.25, -0.2) is 0 Å². The van der Waals surface area contributed by atoms with Crippen LogP contribution in [0.1, 0.15) is 43.1 Å². The van der Waals surface area contributed by atoms with Crippen molar-refractivity contribution in [3.8, 4) is 0 Å². The molecule has 2 rings (SSSR count). The minimum atomic E-state index is 0.343. The van der Waals surface area contributed by atoms with Gasteiger partial charge in [0.15, 0.2) is 0 Å². The van der Waals surface area contributed by atoms with Crippen LogP contribution in [0.5, 0.6) is 0 Å². The minimum Gasteiger partial charge on any atom is -0.171 e. The third-order valence-corrected chi connectivity index (χ3v) is 3.63. The SMILES string of the molecule is CC1(C)CCC(S)c2ccccc21. The van der Waals surface area contributed by atoms with E-state index in [4.69, 9.17) is 0 Å². The van der Waals surface area contributed by atoms with Gasteiger partial charge in [-0.1, -0.05) is 38.1 Å². The fraction of sp³-hybridized carbons (Fsp3) is 0.500. The van der Waals surface area contributed by atoms with Crippen LogP contribution in [-0.2, 0) is 5.41 Å². The van der Waals surface area contributed by atoms with Gasteiger partial charge in [0, 0.05) is 5.25 Å². The molecule has 0 spiro atoms. The van der Waals surface area contributed by atoms with Crippen LogP contribution in [0.4, 0.5) is 0 Å². The Morgan fingerprint density at radius 2 is 2.00 bits per heavy atom. The van der Waals surface area contributed by atoms with Gasteiger partial charge in [-0.05, 0) is 29.4 Å². The molecule has 0 fully saturated rings. The molecule has 0 radical (unpaired) electrons. The van der Waals surface area contributed by atoms with Crippen molar-refractivity contribution in [2.24, 2.45) is 0 Å². The molecule has 0 aliphatic heterocycles. The largest absolute Gasteiger partial charge is 0.171 e. The van der Waals surface area contributed by atoms with Gasteiger partial charge in [0.25, 0.3) is 0 Å². The maximum absolute atomic E-state index is 4.62. The minimum absolute atomic E-state index is 0.343. The summed E-state index contributed by atoms with van der Waals surface area (Å²) in [4.78, 5) is 0. The molecule has 0 bridgehead atoms. The summed E-state index contributed by atoms with van der Waals surface area (Å²) in [5, 5.41) is 0.448. The first-order chi connectivity index (χ1) is 6.11. The molecule has 0 N–H and O–H groups in total. The monoisotopic (exact) mass is 192 g/mol. The standard InChI is InChI=1S/C12H16S/c1-12(2)8-7-11(13)9-5-3-4-6-10(9)12/h3-6,11,13H,7-8H2,1-2H3. The first kappa shape index (κ1) is 9.14. The van der Waals surface area contributed by atoms with Gasteiger partial charge in [-0.15, -0.1) is 0 Å². The lowest BCUT2D eigenvalue weighted by Gasteiger charge is -2.35. The lowest BCUT2D eigenvalue weighted by atomic mass is 9.73.